The van der Waals surface area contributed by atoms with Crippen LogP contribution in [0.2, 0.25) is 0 Å². The van der Waals surface area contributed by atoms with Gasteiger partial charge < -0.3 is 11.1 Å². The summed E-state index contributed by atoms with van der Waals surface area (Å²) in [5.41, 5.74) is 5.30. The molecule has 0 unspecified atom stereocenters. The second-order valence-corrected chi connectivity index (χ2v) is 6.24. The van der Waals surface area contributed by atoms with Crippen molar-refractivity contribution < 1.29 is 18.9 Å². The van der Waals surface area contributed by atoms with Gasteiger partial charge in [-0.2, -0.15) is 4.39 Å². The molecule has 0 radical (unpaired) electrons. The Morgan fingerprint density at radius 2 is 1.79 bits per heavy atom. The Bertz CT molecular complexity index is 1080. The molecule has 142 valence electrons. The van der Waals surface area contributed by atoms with E-state index in [0.717, 1.165) is 22.9 Å². The van der Waals surface area contributed by atoms with Crippen LogP contribution >= 0.6 is 0 Å². The molecule has 0 spiro atoms. The number of nitrogens with zero attached hydrogens (tertiary/aromatic N) is 1. The third-order valence-corrected chi connectivity index (χ3v) is 4.31. The number of hydrogen-bond donors (Lipinski definition) is 2. The molecular weight excluding hydrogens is 365 g/mol. The Morgan fingerprint density at radius 3 is 2.46 bits per heavy atom. The average Bonchev–Trinajstić information content (AvgIpc) is 2.68. The van der Waals surface area contributed by atoms with Crippen molar-refractivity contribution in [3.8, 4) is 0 Å². The Labute approximate surface area is 159 Å². The van der Waals surface area contributed by atoms with Crippen LogP contribution in [0.3, 0.4) is 0 Å². The minimum absolute atomic E-state index is 0.101. The second kappa shape index (κ2) is 7.83. The predicted molar refractivity (Wildman–Crippen MR) is 101 cm³/mol. The lowest BCUT2D eigenvalue weighted by molar-refractivity contribution is -0.387. The molecule has 0 bridgehead atoms. The highest BCUT2D eigenvalue weighted by molar-refractivity contribution is 6.00. The molecule has 28 heavy (non-hydrogen) atoms. The standard InChI is InChI=1S/C20H16FN3O4/c21-16-8-5-12(10-18(16)24(27)28)9-17(19(22)25)23-20(26)15-7-6-13-3-1-2-4-14(13)11-15/h1-8,10-11,17H,9H2,(H2,22,25)(H,23,26)/t17-/m1/s1. The van der Waals surface area contributed by atoms with Gasteiger partial charge in [0.25, 0.3) is 5.91 Å². The maximum Gasteiger partial charge on any atom is 0.305 e. The molecular formula is C20H16FN3O4. The molecule has 0 aliphatic rings. The van der Waals surface area contributed by atoms with Crippen LogP contribution in [0.15, 0.2) is 60.7 Å². The molecule has 0 aromatic heterocycles. The Hall–Kier alpha value is -3.81. The average molecular weight is 381 g/mol. The lowest BCUT2D eigenvalue weighted by atomic mass is 10.0. The van der Waals surface area contributed by atoms with Crippen LogP contribution in [-0.2, 0) is 11.2 Å². The van der Waals surface area contributed by atoms with Crippen molar-refractivity contribution in [1.82, 2.24) is 5.32 Å². The van der Waals surface area contributed by atoms with Gasteiger partial charge in [-0.05, 0) is 34.5 Å². The van der Waals surface area contributed by atoms with Crippen LogP contribution in [0.25, 0.3) is 10.8 Å². The maximum atomic E-state index is 13.5. The third kappa shape index (κ3) is 4.12. The fourth-order valence-corrected chi connectivity index (χ4v) is 2.86. The van der Waals surface area contributed by atoms with E-state index in [4.69, 9.17) is 5.73 Å². The number of primary amides is 1. The summed E-state index contributed by atoms with van der Waals surface area (Å²) in [4.78, 5) is 34.3. The van der Waals surface area contributed by atoms with Crippen molar-refractivity contribution in [2.24, 2.45) is 5.73 Å². The van der Waals surface area contributed by atoms with E-state index in [1.165, 1.54) is 6.07 Å². The summed E-state index contributed by atoms with van der Waals surface area (Å²) in [6.07, 6.45) is -0.101. The molecule has 0 saturated carbocycles. The minimum Gasteiger partial charge on any atom is -0.368 e. The molecule has 7 nitrogen and oxygen atoms in total. The molecule has 0 aliphatic heterocycles. The summed E-state index contributed by atoms with van der Waals surface area (Å²) in [5.74, 6) is -2.29. The number of amides is 2. The number of carbonyl (C=O) groups excluding carboxylic acids is 2. The van der Waals surface area contributed by atoms with Gasteiger partial charge in [-0.25, -0.2) is 0 Å². The number of nitro benzene ring substituents is 1. The van der Waals surface area contributed by atoms with Crippen LogP contribution in [0, 0.1) is 15.9 Å². The predicted octanol–water partition coefficient (Wildman–Crippen LogP) is 2.71. The van der Waals surface area contributed by atoms with Gasteiger partial charge >= 0.3 is 5.69 Å². The van der Waals surface area contributed by atoms with Crippen molar-refractivity contribution in [2.45, 2.75) is 12.5 Å². The van der Waals surface area contributed by atoms with E-state index in [0.29, 0.717) is 11.1 Å². The molecule has 0 saturated heterocycles. The van der Waals surface area contributed by atoms with Gasteiger partial charge in [0, 0.05) is 18.1 Å². The monoisotopic (exact) mass is 381 g/mol. The summed E-state index contributed by atoms with van der Waals surface area (Å²) in [5, 5.41) is 15.2. The number of rotatable bonds is 6. The van der Waals surface area contributed by atoms with E-state index < -0.39 is 34.3 Å². The van der Waals surface area contributed by atoms with Crippen LogP contribution in [0.1, 0.15) is 15.9 Å². The molecule has 2 amide bonds. The molecule has 0 heterocycles. The third-order valence-electron chi connectivity index (χ3n) is 4.31. The van der Waals surface area contributed by atoms with Gasteiger partial charge in [0.15, 0.2) is 0 Å². The number of nitro groups is 1. The van der Waals surface area contributed by atoms with E-state index in [9.17, 15) is 24.1 Å². The first-order valence-electron chi connectivity index (χ1n) is 8.37. The van der Waals surface area contributed by atoms with Crippen LogP contribution < -0.4 is 11.1 Å². The zero-order valence-corrected chi connectivity index (χ0v) is 14.6. The fourth-order valence-electron chi connectivity index (χ4n) is 2.86. The topological polar surface area (TPSA) is 115 Å². The molecule has 3 N–H and O–H groups in total. The first-order chi connectivity index (χ1) is 13.3. The molecule has 3 aromatic carbocycles. The van der Waals surface area contributed by atoms with Gasteiger partial charge in [0.1, 0.15) is 6.04 Å². The van der Waals surface area contributed by atoms with Crippen molar-refractivity contribution in [3.63, 3.8) is 0 Å². The van der Waals surface area contributed by atoms with Gasteiger partial charge in [-0.1, -0.05) is 36.4 Å². The summed E-state index contributed by atoms with van der Waals surface area (Å²) in [6, 6.07) is 14.7. The second-order valence-electron chi connectivity index (χ2n) is 6.24. The number of nitrogens with two attached hydrogens (primary N) is 1. The van der Waals surface area contributed by atoms with E-state index in [-0.39, 0.29) is 6.42 Å². The number of halogens is 1. The van der Waals surface area contributed by atoms with E-state index in [1.54, 1.807) is 18.2 Å². The molecule has 8 heteroatoms. The lowest BCUT2D eigenvalue weighted by Crippen LogP contribution is -2.45. The van der Waals surface area contributed by atoms with Gasteiger partial charge in [-0.3, -0.25) is 19.7 Å². The number of benzene rings is 3. The van der Waals surface area contributed by atoms with Crippen molar-refractivity contribution in [1.29, 1.82) is 0 Å². The number of carbonyl (C=O) groups is 2. The summed E-state index contributed by atoms with van der Waals surface area (Å²) in [6.45, 7) is 0. The largest absolute Gasteiger partial charge is 0.368 e. The Kier molecular flexibility index (Phi) is 5.30. The highest BCUT2D eigenvalue weighted by Crippen LogP contribution is 2.20. The molecule has 3 aromatic rings. The molecule has 1 atom stereocenters. The van der Waals surface area contributed by atoms with Gasteiger partial charge in [0.05, 0.1) is 4.92 Å². The summed E-state index contributed by atoms with van der Waals surface area (Å²) >= 11 is 0. The van der Waals surface area contributed by atoms with E-state index >= 15 is 0 Å². The molecule has 0 fully saturated rings. The van der Waals surface area contributed by atoms with Crippen molar-refractivity contribution in [3.05, 3.63) is 87.7 Å². The van der Waals surface area contributed by atoms with Crippen molar-refractivity contribution >= 4 is 28.3 Å². The smallest absolute Gasteiger partial charge is 0.305 e. The zero-order valence-electron chi connectivity index (χ0n) is 14.6. The van der Waals surface area contributed by atoms with Gasteiger partial charge in [0.2, 0.25) is 11.7 Å². The zero-order chi connectivity index (χ0) is 20.3. The molecule has 0 aliphatic carbocycles. The highest BCUT2D eigenvalue weighted by atomic mass is 19.1. The van der Waals surface area contributed by atoms with Crippen LogP contribution in [0.5, 0.6) is 0 Å². The number of fused-ring (bicyclic) bond motifs is 1. The normalized spacial score (nSPS) is 11.8. The maximum absolute atomic E-state index is 13.5. The number of hydrogen-bond acceptors (Lipinski definition) is 4. The SMILES string of the molecule is NC(=O)[C@@H](Cc1ccc(F)c([N+](=O)[O-])c1)NC(=O)c1ccc2ccccc2c1. The minimum atomic E-state index is -1.11. The van der Waals surface area contributed by atoms with E-state index in [2.05, 4.69) is 5.32 Å². The van der Waals surface area contributed by atoms with Crippen LogP contribution in [-0.4, -0.2) is 22.8 Å². The fraction of sp³-hybridized carbons (Fsp3) is 0.100. The quantitative estimate of drug-likeness (QED) is 0.504. The van der Waals surface area contributed by atoms with Gasteiger partial charge in [-0.15, -0.1) is 0 Å². The number of nitrogens with one attached hydrogen (secondary N) is 1. The van der Waals surface area contributed by atoms with Crippen molar-refractivity contribution in [2.75, 3.05) is 0 Å². The molecule has 3 rings (SSSR count). The summed E-state index contributed by atoms with van der Waals surface area (Å²) in [7, 11) is 0. The Morgan fingerprint density at radius 1 is 1.07 bits per heavy atom. The first kappa shape index (κ1) is 19.0. The van der Waals surface area contributed by atoms with Crippen LogP contribution in [0.4, 0.5) is 10.1 Å². The highest BCUT2D eigenvalue weighted by Gasteiger charge is 2.22. The lowest BCUT2D eigenvalue weighted by Gasteiger charge is -2.16. The Balaban J connectivity index is 1.80. The summed E-state index contributed by atoms with van der Waals surface area (Å²) < 4.78 is 13.5. The van der Waals surface area contributed by atoms with E-state index in [1.807, 2.05) is 24.3 Å². The first-order valence-corrected chi connectivity index (χ1v) is 8.37.